The van der Waals surface area contributed by atoms with Gasteiger partial charge in [0.1, 0.15) is 5.82 Å². The summed E-state index contributed by atoms with van der Waals surface area (Å²) in [6, 6.07) is 5.85. The lowest BCUT2D eigenvalue weighted by Crippen LogP contribution is -2.52. The van der Waals surface area contributed by atoms with E-state index in [1.807, 2.05) is 42.5 Å². The van der Waals surface area contributed by atoms with E-state index in [-0.39, 0.29) is 11.5 Å². The lowest BCUT2D eigenvalue weighted by atomic mass is 9.90. The van der Waals surface area contributed by atoms with Gasteiger partial charge >= 0.3 is 0 Å². The van der Waals surface area contributed by atoms with Crippen LogP contribution in [0.15, 0.2) is 36.8 Å². The first kappa shape index (κ1) is 19.1. The average Bonchev–Trinajstić information content (AvgIpc) is 3.06. The van der Waals surface area contributed by atoms with Crippen molar-refractivity contribution in [2.24, 2.45) is 7.05 Å². The Morgan fingerprint density at radius 3 is 2.75 bits per heavy atom. The van der Waals surface area contributed by atoms with E-state index >= 15 is 0 Å². The molecular formula is C21H29N5O2. The van der Waals surface area contributed by atoms with Crippen molar-refractivity contribution in [3.05, 3.63) is 48.3 Å². The van der Waals surface area contributed by atoms with Gasteiger partial charge in [0.15, 0.2) is 0 Å². The molecule has 1 spiro atoms. The molecule has 7 heteroatoms. The number of hydrogen-bond acceptors (Lipinski definition) is 5. The molecular weight excluding hydrogens is 354 g/mol. The monoisotopic (exact) mass is 383 g/mol. The maximum atomic E-state index is 12.6. The van der Waals surface area contributed by atoms with Gasteiger partial charge in [0.25, 0.3) is 0 Å². The minimum Gasteiger partial charge on any atom is -0.373 e. The molecule has 2 aromatic rings. The molecule has 2 aliphatic heterocycles. The van der Waals surface area contributed by atoms with Gasteiger partial charge in [-0.1, -0.05) is 6.07 Å². The number of pyridine rings is 1. The highest BCUT2D eigenvalue weighted by molar-refractivity contribution is 5.76. The second-order valence-corrected chi connectivity index (χ2v) is 7.90. The Hall–Kier alpha value is -2.25. The summed E-state index contributed by atoms with van der Waals surface area (Å²) in [6.07, 6.45) is 8.96. The number of rotatable bonds is 5. The lowest BCUT2D eigenvalue weighted by Gasteiger charge is -2.42. The zero-order valence-electron chi connectivity index (χ0n) is 16.6. The summed E-state index contributed by atoms with van der Waals surface area (Å²) in [5.74, 6) is 1.29. The molecule has 4 heterocycles. The van der Waals surface area contributed by atoms with Gasteiger partial charge < -0.3 is 19.1 Å². The maximum absolute atomic E-state index is 12.6. The largest absolute Gasteiger partial charge is 0.373 e. The van der Waals surface area contributed by atoms with E-state index in [4.69, 9.17) is 4.74 Å². The van der Waals surface area contributed by atoms with Crippen molar-refractivity contribution in [2.45, 2.75) is 37.8 Å². The Labute approximate surface area is 166 Å². The molecule has 2 saturated heterocycles. The predicted octanol–water partition coefficient (Wildman–Crippen LogP) is 1.64. The molecule has 0 N–H and O–H groups in total. The smallest absolute Gasteiger partial charge is 0.225 e. The number of aryl methyl sites for hydroxylation is 1. The van der Waals surface area contributed by atoms with Crippen LogP contribution in [0.2, 0.25) is 0 Å². The van der Waals surface area contributed by atoms with Crippen molar-refractivity contribution in [3.8, 4) is 0 Å². The van der Waals surface area contributed by atoms with Crippen molar-refractivity contribution < 1.29 is 9.53 Å². The van der Waals surface area contributed by atoms with E-state index in [2.05, 4.69) is 19.4 Å². The first-order valence-electron chi connectivity index (χ1n) is 10.1. The van der Waals surface area contributed by atoms with Gasteiger partial charge in [-0.2, -0.15) is 0 Å². The molecule has 1 amide bonds. The van der Waals surface area contributed by atoms with Gasteiger partial charge in [0.05, 0.1) is 37.4 Å². The van der Waals surface area contributed by atoms with Crippen molar-refractivity contribution >= 4 is 5.91 Å². The van der Waals surface area contributed by atoms with Gasteiger partial charge in [0.2, 0.25) is 5.91 Å². The first-order chi connectivity index (χ1) is 13.6. The highest BCUT2D eigenvalue weighted by Gasteiger charge is 2.40. The molecule has 0 unspecified atom stereocenters. The Kier molecular flexibility index (Phi) is 5.73. The van der Waals surface area contributed by atoms with Crippen LogP contribution in [-0.2, 0) is 29.5 Å². The molecule has 0 radical (unpaired) electrons. The molecule has 0 atom stereocenters. The fraction of sp³-hybridized carbons (Fsp3) is 0.571. The molecule has 0 aliphatic carbocycles. The number of piperidine rings is 1. The number of hydrogen-bond donors (Lipinski definition) is 0. The van der Waals surface area contributed by atoms with E-state index in [0.29, 0.717) is 26.1 Å². The third-order valence-electron chi connectivity index (χ3n) is 5.97. The summed E-state index contributed by atoms with van der Waals surface area (Å²) in [4.78, 5) is 25.8. The molecule has 2 aliphatic rings. The molecule has 0 aromatic carbocycles. The van der Waals surface area contributed by atoms with Crippen molar-refractivity contribution in [3.63, 3.8) is 0 Å². The van der Waals surface area contributed by atoms with Crippen molar-refractivity contribution in [2.75, 3.05) is 32.8 Å². The van der Waals surface area contributed by atoms with Crippen LogP contribution < -0.4 is 0 Å². The molecule has 150 valence electrons. The third kappa shape index (κ3) is 4.42. The zero-order chi connectivity index (χ0) is 19.4. The molecule has 28 heavy (non-hydrogen) atoms. The Morgan fingerprint density at radius 2 is 2.04 bits per heavy atom. The molecule has 2 aromatic heterocycles. The van der Waals surface area contributed by atoms with Crippen LogP contribution in [0.25, 0.3) is 0 Å². The second-order valence-electron chi connectivity index (χ2n) is 7.90. The van der Waals surface area contributed by atoms with Gasteiger partial charge in [-0.05, 0) is 25.0 Å². The fourth-order valence-electron chi connectivity index (χ4n) is 4.21. The number of likely N-dealkylation sites (tertiary alicyclic amines) is 1. The second kappa shape index (κ2) is 8.41. The zero-order valence-corrected chi connectivity index (χ0v) is 16.6. The minimum absolute atomic E-state index is 0.166. The number of aromatic nitrogens is 3. The van der Waals surface area contributed by atoms with Crippen LogP contribution in [0.5, 0.6) is 0 Å². The van der Waals surface area contributed by atoms with Crippen LogP contribution in [-0.4, -0.2) is 68.6 Å². The minimum atomic E-state index is -0.222. The summed E-state index contributed by atoms with van der Waals surface area (Å²) in [6.45, 7) is 4.75. The number of carbonyl (C=O) groups excluding carboxylic acids is 1. The van der Waals surface area contributed by atoms with Crippen LogP contribution >= 0.6 is 0 Å². The third-order valence-corrected chi connectivity index (χ3v) is 5.97. The summed E-state index contributed by atoms with van der Waals surface area (Å²) in [5.41, 5.74) is 0.709. The van der Waals surface area contributed by atoms with E-state index in [1.165, 1.54) is 0 Å². The van der Waals surface area contributed by atoms with E-state index < -0.39 is 0 Å². The summed E-state index contributed by atoms with van der Waals surface area (Å²) in [5, 5.41) is 0. The summed E-state index contributed by atoms with van der Waals surface area (Å²) >= 11 is 0. The summed E-state index contributed by atoms with van der Waals surface area (Å²) < 4.78 is 8.35. The number of ether oxygens (including phenoxy) is 1. The Bertz CT molecular complexity index is 783. The van der Waals surface area contributed by atoms with Gasteiger partial charge in [-0.15, -0.1) is 0 Å². The fourth-order valence-corrected chi connectivity index (χ4v) is 4.21. The molecule has 0 saturated carbocycles. The van der Waals surface area contributed by atoms with E-state index in [9.17, 15) is 4.79 Å². The molecule has 2 fully saturated rings. The predicted molar refractivity (Wildman–Crippen MR) is 106 cm³/mol. The number of amides is 1. The van der Waals surface area contributed by atoms with Crippen molar-refractivity contribution in [1.82, 2.24) is 24.3 Å². The molecule has 7 nitrogen and oxygen atoms in total. The standard InChI is InChI=1S/C21H29N5O2/c1-24-14-10-23-19(24)5-11-25-12-7-21(8-13-25)17-26(20(27)6-15-28-21)16-18-4-2-3-9-22-18/h2-4,9-10,14H,5-8,11-13,15-17H2,1H3. The molecule has 0 bridgehead atoms. The Morgan fingerprint density at radius 1 is 1.18 bits per heavy atom. The average molecular weight is 383 g/mol. The number of imidazole rings is 1. The topological polar surface area (TPSA) is 63.5 Å². The molecule has 4 rings (SSSR count). The highest BCUT2D eigenvalue weighted by atomic mass is 16.5. The SMILES string of the molecule is Cn1ccnc1CCN1CCC2(CC1)CN(Cc1ccccn1)C(=O)CCO2. The van der Waals surface area contributed by atoms with Gasteiger partial charge in [0, 0.05) is 51.7 Å². The van der Waals surface area contributed by atoms with E-state index in [1.54, 1.807) is 6.20 Å². The normalized spacial score (nSPS) is 20.5. The van der Waals surface area contributed by atoms with Gasteiger partial charge in [-0.25, -0.2) is 4.98 Å². The summed E-state index contributed by atoms with van der Waals surface area (Å²) in [7, 11) is 2.04. The first-order valence-corrected chi connectivity index (χ1v) is 10.1. The number of carbonyl (C=O) groups is 1. The van der Waals surface area contributed by atoms with Crippen LogP contribution in [0.3, 0.4) is 0 Å². The van der Waals surface area contributed by atoms with Crippen LogP contribution in [0.4, 0.5) is 0 Å². The van der Waals surface area contributed by atoms with Gasteiger partial charge in [-0.3, -0.25) is 9.78 Å². The van der Waals surface area contributed by atoms with Crippen molar-refractivity contribution in [1.29, 1.82) is 0 Å². The number of nitrogens with zero attached hydrogens (tertiary/aromatic N) is 5. The van der Waals surface area contributed by atoms with Crippen LogP contribution in [0.1, 0.15) is 30.8 Å². The maximum Gasteiger partial charge on any atom is 0.225 e. The highest BCUT2D eigenvalue weighted by Crippen LogP contribution is 2.30. The quantitative estimate of drug-likeness (QED) is 0.786. The van der Waals surface area contributed by atoms with Crippen LogP contribution in [0, 0.1) is 0 Å². The lowest BCUT2D eigenvalue weighted by molar-refractivity contribution is -0.132. The Balaban J connectivity index is 1.35. The van der Waals surface area contributed by atoms with E-state index in [0.717, 1.165) is 50.4 Å².